The van der Waals surface area contributed by atoms with E-state index in [4.69, 9.17) is 23.8 Å². The number of fused-ring (bicyclic) bond motifs is 1. The average Bonchev–Trinajstić information content (AvgIpc) is 3.75. The van der Waals surface area contributed by atoms with Crippen LogP contribution in [0.25, 0.3) is 11.0 Å². The maximum atomic E-state index is 14.0. The zero-order valence-electron chi connectivity index (χ0n) is 26.9. The molecule has 0 radical (unpaired) electrons. The van der Waals surface area contributed by atoms with Crippen LogP contribution >= 0.6 is 70.0 Å². The van der Waals surface area contributed by atoms with Crippen molar-refractivity contribution in [2.45, 2.75) is 31.3 Å². The molecule has 0 atom stereocenters. The van der Waals surface area contributed by atoms with Crippen LogP contribution in [0, 0.1) is 16.1 Å². The van der Waals surface area contributed by atoms with Gasteiger partial charge in [-0.2, -0.15) is 0 Å². The number of thioether (sulfide) groups is 2. The quantitative estimate of drug-likeness (QED) is 0.210. The number of halogens is 1. The lowest BCUT2D eigenvalue weighted by molar-refractivity contribution is -0.140. The fourth-order valence-corrected chi connectivity index (χ4v) is 10.7. The molecule has 6 rings (SSSR count). The summed E-state index contributed by atoms with van der Waals surface area (Å²) in [6, 6.07) is 13.4. The lowest BCUT2D eigenvalue weighted by atomic mass is 10.1. The van der Waals surface area contributed by atoms with E-state index in [1.165, 1.54) is 11.8 Å². The molecule has 13 nitrogen and oxygen atoms in total. The van der Waals surface area contributed by atoms with Gasteiger partial charge in [0.1, 0.15) is 42.7 Å². The van der Waals surface area contributed by atoms with Gasteiger partial charge < -0.3 is 20.2 Å². The number of hydrogen-bond acceptors (Lipinski definition) is 12. The van der Waals surface area contributed by atoms with Gasteiger partial charge in [-0.3, -0.25) is 42.8 Å². The standard InChI is InChI=1S/C33H25ClN4O9S5/c1-15-8-20-19(11-18(15)34)35(2)30(49-20)17(9-16-6-4-3-5-7-16)10-21-27(45)36(12-22(39)40)31(50-21)25-28(46)37(13-23(41)42)32(51-25)26-29(47)38(14-24(43)44)33(48)52-26/h3-8,10-11H,9,12-14H2,1-2H3,(H,39,40)(H,41,42)(H,43,44)/b21-10?,30-17+,31-25+,32-26+. The minimum Gasteiger partial charge on any atom is -0.480 e. The van der Waals surface area contributed by atoms with Crippen molar-refractivity contribution in [3.05, 3.63) is 108 Å². The average molecular weight is 817 g/mol. The SMILES string of the molecule is Cc1cc2c(cc1Cl)N(C)/C(=C(\C=c1s/c(=c3/s/c(=C4/SC(=S)N(CC(=O)O)C4=O)n(CC(=O)O)c3=O)n(CC(=O)O)c1=O)Cc1ccccc1)S2. The number of thiazole rings is 2. The van der Waals surface area contributed by atoms with Crippen LogP contribution in [-0.4, -0.2) is 71.1 Å². The number of anilines is 1. The van der Waals surface area contributed by atoms with Gasteiger partial charge in [-0.25, -0.2) is 0 Å². The first-order chi connectivity index (χ1) is 24.6. The summed E-state index contributed by atoms with van der Waals surface area (Å²) in [5.74, 6) is -4.94. The molecule has 52 heavy (non-hydrogen) atoms. The Labute approximate surface area is 319 Å². The van der Waals surface area contributed by atoms with E-state index in [2.05, 4.69) is 0 Å². The number of hydrogen-bond donors (Lipinski definition) is 3. The van der Waals surface area contributed by atoms with Crippen LogP contribution in [0.5, 0.6) is 0 Å². The highest BCUT2D eigenvalue weighted by molar-refractivity contribution is 8.30. The maximum absolute atomic E-state index is 14.0. The Balaban J connectivity index is 1.66. The summed E-state index contributed by atoms with van der Waals surface area (Å²) >= 11 is 15.4. The molecular formula is C33H25ClN4O9S5. The van der Waals surface area contributed by atoms with Crippen LogP contribution in [0.1, 0.15) is 11.1 Å². The van der Waals surface area contributed by atoms with E-state index in [0.29, 0.717) is 34.5 Å². The second-order valence-electron chi connectivity index (χ2n) is 11.4. The lowest BCUT2D eigenvalue weighted by Gasteiger charge is -2.17. The minimum atomic E-state index is -1.41. The van der Waals surface area contributed by atoms with E-state index in [1.54, 1.807) is 6.08 Å². The lowest BCUT2D eigenvalue weighted by Crippen LogP contribution is -2.35. The minimum absolute atomic E-state index is 0.0535. The number of carboxylic acid groups (broad SMARTS) is 3. The number of aliphatic carboxylic acids is 3. The first-order valence-electron chi connectivity index (χ1n) is 15.0. The third-order valence-electron chi connectivity index (χ3n) is 7.84. The number of aryl methyl sites for hydroxylation is 1. The number of amides is 1. The Kier molecular flexibility index (Phi) is 10.7. The fraction of sp³-hybridized carbons (Fsp3) is 0.182. The van der Waals surface area contributed by atoms with Crippen LogP contribution in [0.4, 0.5) is 5.69 Å². The topological polar surface area (TPSA) is 179 Å². The van der Waals surface area contributed by atoms with Gasteiger partial charge in [0.2, 0.25) is 0 Å². The molecule has 268 valence electrons. The molecule has 2 aliphatic rings. The van der Waals surface area contributed by atoms with E-state index in [-0.39, 0.29) is 27.6 Å². The van der Waals surface area contributed by atoms with Crippen molar-refractivity contribution < 1.29 is 34.5 Å². The van der Waals surface area contributed by atoms with Gasteiger partial charge in [0.25, 0.3) is 17.0 Å². The van der Waals surface area contributed by atoms with Gasteiger partial charge in [-0.15, -0.1) is 22.7 Å². The third kappa shape index (κ3) is 7.26. The normalized spacial score (nSPS) is 17.2. The largest absolute Gasteiger partial charge is 0.480 e. The predicted molar refractivity (Wildman–Crippen MR) is 204 cm³/mol. The zero-order chi connectivity index (χ0) is 37.6. The van der Waals surface area contributed by atoms with E-state index in [9.17, 15) is 44.1 Å². The number of nitrogens with zero attached hydrogens (tertiary/aromatic N) is 4. The van der Waals surface area contributed by atoms with E-state index in [1.807, 2.05) is 61.3 Å². The van der Waals surface area contributed by atoms with Crippen LogP contribution < -0.4 is 25.2 Å². The van der Waals surface area contributed by atoms with Crippen molar-refractivity contribution in [1.29, 1.82) is 0 Å². The molecule has 0 unspecified atom stereocenters. The van der Waals surface area contributed by atoms with Crippen LogP contribution in [0.2, 0.25) is 5.02 Å². The van der Waals surface area contributed by atoms with Crippen molar-refractivity contribution in [2.24, 2.45) is 0 Å². The molecule has 0 saturated carbocycles. The number of carbonyl (C=O) groups is 4. The number of aromatic nitrogens is 2. The molecule has 0 bridgehead atoms. The molecule has 0 aliphatic carbocycles. The van der Waals surface area contributed by atoms with E-state index < -0.39 is 54.6 Å². The third-order valence-corrected chi connectivity index (χ3v) is 13.5. The van der Waals surface area contributed by atoms with E-state index >= 15 is 0 Å². The molecule has 2 aromatic carbocycles. The first kappa shape index (κ1) is 37.3. The molecule has 4 heterocycles. The first-order valence-corrected chi connectivity index (χ1v) is 19.1. The molecule has 3 N–H and O–H groups in total. The summed E-state index contributed by atoms with van der Waals surface area (Å²) in [5.41, 5.74) is 1.85. The number of thiocarbonyl (C=S) groups is 1. The Morgan fingerprint density at radius 2 is 1.50 bits per heavy atom. The number of allylic oxidation sites excluding steroid dienone is 1. The fourth-order valence-electron chi connectivity index (χ4n) is 5.47. The van der Waals surface area contributed by atoms with Gasteiger partial charge >= 0.3 is 17.9 Å². The molecule has 2 aliphatic heterocycles. The van der Waals surface area contributed by atoms with Gasteiger partial charge in [0, 0.05) is 23.4 Å². The second-order valence-corrected chi connectivity index (χ2v) is 16.5. The summed E-state index contributed by atoms with van der Waals surface area (Å²) < 4.78 is 1.42. The van der Waals surface area contributed by atoms with Gasteiger partial charge in [-0.1, -0.05) is 77.7 Å². The summed E-state index contributed by atoms with van der Waals surface area (Å²) in [5, 5.41) is 30.1. The Morgan fingerprint density at radius 1 is 0.865 bits per heavy atom. The number of rotatable bonds is 9. The molecule has 0 spiro atoms. The smallest absolute Gasteiger partial charge is 0.323 e. The highest BCUT2D eigenvalue weighted by Crippen LogP contribution is 2.48. The highest BCUT2D eigenvalue weighted by atomic mass is 35.5. The Morgan fingerprint density at radius 3 is 2.13 bits per heavy atom. The Bertz CT molecular complexity index is 2610. The molecular weight excluding hydrogens is 792 g/mol. The van der Waals surface area contributed by atoms with E-state index in [0.717, 1.165) is 57.7 Å². The van der Waals surface area contributed by atoms with Crippen molar-refractivity contribution in [3.63, 3.8) is 0 Å². The van der Waals surface area contributed by atoms with Crippen LogP contribution in [0.3, 0.4) is 0 Å². The summed E-state index contributed by atoms with van der Waals surface area (Å²) in [7, 11) is 1.88. The molecule has 1 fully saturated rings. The molecule has 19 heteroatoms. The predicted octanol–water partition coefficient (Wildman–Crippen LogP) is 3.08. The molecule has 1 saturated heterocycles. The van der Waals surface area contributed by atoms with Gasteiger partial charge in [-0.05, 0) is 41.8 Å². The highest BCUT2D eigenvalue weighted by Gasteiger charge is 2.35. The maximum Gasteiger partial charge on any atom is 0.323 e. The molecule has 4 aromatic rings. The van der Waals surface area contributed by atoms with Crippen molar-refractivity contribution >= 4 is 115 Å². The summed E-state index contributed by atoms with van der Waals surface area (Å²) in [6.07, 6.45) is 2.05. The van der Waals surface area contributed by atoms with Gasteiger partial charge in [0.05, 0.1) is 15.2 Å². The monoisotopic (exact) mass is 816 g/mol. The number of carboxylic acids is 3. The van der Waals surface area contributed by atoms with Crippen LogP contribution in [0.15, 0.2) is 67.6 Å². The van der Waals surface area contributed by atoms with Crippen molar-refractivity contribution in [1.82, 2.24) is 14.0 Å². The molecule has 1 amide bonds. The molecule has 2 aromatic heterocycles. The number of carbonyl (C=O) groups excluding carboxylic acids is 1. The second kappa shape index (κ2) is 14.9. The van der Waals surface area contributed by atoms with Crippen molar-refractivity contribution in [3.8, 4) is 0 Å². The summed E-state index contributed by atoms with van der Waals surface area (Å²) in [4.78, 5) is 80.1. The number of benzene rings is 2. The van der Waals surface area contributed by atoms with Crippen LogP contribution in [-0.2, 0) is 38.7 Å². The van der Waals surface area contributed by atoms with Crippen molar-refractivity contribution in [2.75, 3.05) is 18.5 Å². The Hall–Kier alpha value is -4.46. The van der Waals surface area contributed by atoms with Gasteiger partial charge in [0.15, 0.2) is 0 Å². The zero-order valence-corrected chi connectivity index (χ0v) is 31.8. The summed E-state index contributed by atoms with van der Waals surface area (Å²) in [6.45, 7) is -0.528.